The molecule has 1 atom stereocenters. The molecular weight excluding hydrogens is 278 g/mol. The zero-order valence-corrected chi connectivity index (χ0v) is 10.4. The summed E-state index contributed by atoms with van der Waals surface area (Å²) >= 11 is 0. The average Bonchev–Trinajstić information content (AvgIpc) is 2.34. The van der Waals surface area contributed by atoms with Crippen LogP contribution in [0.2, 0.25) is 0 Å². The minimum absolute atomic E-state index is 0.0824. The standard InChI is InChI=1S/C9H11N3O6S/c10-19(15,16)11-4-7-5-17-8-2-1-6(12(13)14)3-9(8)18-7/h1-3,7,11H,4-5H2,(H2,10,15,16). The van der Waals surface area contributed by atoms with Gasteiger partial charge in [-0.1, -0.05) is 0 Å². The van der Waals surface area contributed by atoms with Crippen molar-refractivity contribution < 1.29 is 22.8 Å². The zero-order chi connectivity index (χ0) is 14.0. The fourth-order valence-electron chi connectivity index (χ4n) is 1.53. The minimum Gasteiger partial charge on any atom is -0.486 e. The Morgan fingerprint density at radius 1 is 1.47 bits per heavy atom. The molecule has 1 aromatic carbocycles. The first-order valence-electron chi connectivity index (χ1n) is 5.20. The molecule has 1 heterocycles. The number of rotatable bonds is 4. The Balaban J connectivity index is 2.09. The number of hydrogen-bond donors (Lipinski definition) is 2. The third kappa shape index (κ3) is 3.53. The van der Waals surface area contributed by atoms with Crippen molar-refractivity contribution in [1.29, 1.82) is 0 Å². The van der Waals surface area contributed by atoms with Crippen LogP contribution in [-0.2, 0) is 10.2 Å². The number of nitro benzene ring substituents is 1. The molecule has 1 aliphatic heterocycles. The van der Waals surface area contributed by atoms with E-state index >= 15 is 0 Å². The van der Waals surface area contributed by atoms with Gasteiger partial charge in [0.2, 0.25) is 0 Å². The number of benzene rings is 1. The van der Waals surface area contributed by atoms with Gasteiger partial charge in [0.1, 0.15) is 12.7 Å². The Labute approximate surface area is 108 Å². The van der Waals surface area contributed by atoms with Gasteiger partial charge in [0.15, 0.2) is 11.5 Å². The summed E-state index contributed by atoms with van der Waals surface area (Å²) in [6.45, 7) is 0.0360. The Hall–Kier alpha value is -1.91. The summed E-state index contributed by atoms with van der Waals surface area (Å²) in [6, 6.07) is 3.94. The molecule has 0 saturated carbocycles. The van der Waals surface area contributed by atoms with Crippen LogP contribution in [0.5, 0.6) is 11.5 Å². The number of nitro groups is 1. The summed E-state index contributed by atoms with van der Waals surface area (Å²) in [5.74, 6) is 0.569. The average molecular weight is 289 g/mol. The predicted octanol–water partition coefficient (Wildman–Crippen LogP) is -0.472. The lowest BCUT2D eigenvalue weighted by Crippen LogP contribution is -2.42. The van der Waals surface area contributed by atoms with Crippen LogP contribution in [0, 0.1) is 10.1 Å². The van der Waals surface area contributed by atoms with Gasteiger partial charge in [0.05, 0.1) is 17.5 Å². The van der Waals surface area contributed by atoms with Crippen molar-refractivity contribution in [3.8, 4) is 11.5 Å². The number of hydrogen-bond acceptors (Lipinski definition) is 6. The molecule has 1 aromatic rings. The van der Waals surface area contributed by atoms with E-state index in [0.29, 0.717) is 5.75 Å². The van der Waals surface area contributed by atoms with Crippen molar-refractivity contribution in [2.45, 2.75) is 6.10 Å². The van der Waals surface area contributed by atoms with Crippen molar-refractivity contribution in [2.24, 2.45) is 5.14 Å². The molecule has 2 rings (SSSR count). The molecule has 10 heteroatoms. The van der Waals surface area contributed by atoms with E-state index in [0.717, 1.165) is 0 Å². The molecule has 0 saturated heterocycles. The second-order valence-electron chi connectivity index (χ2n) is 3.83. The highest BCUT2D eigenvalue weighted by Crippen LogP contribution is 2.34. The van der Waals surface area contributed by atoms with Gasteiger partial charge >= 0.3 is 0 Å². The predicted molar refractivity (Wildman–Crippen MR) is 64.1 cm³/mol. The van der Waals surface area contributed by atoms with E-state index in [1.165, 1.54) is 18.2 Å². The van der Waals surface area contributed by atoms with Crippen LogP contribution < -0.4 is 19.3 Å². The number of fused-ring (bicyclic) bond motifs is 1. The fourth-order valence-corrected chi connectivity index (χ4v) is 1.95. The molecule has 3 N–H and O–H groups in total. The highest BCUT2D eigenvalue weighted by Gasteiger charge is 2.24. The van der Waals surface area contributed by atoms with Crippen LogP contribution in [-0.4, -0.2) is 32.6 Å². The van der Waals surface area contributed by atoms with Gasteiger partial charge in [-0.15, -0.1) is 0 Å². The van der Waals surface area contributed by atoms with Crippen LogP contribution in [0.3, 0.4) is 0 Å². The molecule has 9 nitrogen and oxygen atoms in total. The molecular formula is C9H11N3O6S. The number of ether oxygens (including phenoxy) is 2. The van der Waals surface area contributed by atoms with E-state index in [1.54, 1.807) is 0 Å². The molecule has 0 fully saturated rings. The normalized spacial score (nSPS) is 18.1. The van der Waals surface area contributed by atoms with E-state index in [2.05, 4.69) is 4.72 Å². The monoisotopic (exact) mass is 289 g/mol. The van der Waals surface area contributed by atoms with Crippen molar-refractivity contribution in [3.63, 3.8) is 0 Å². The van der Waals surface area contributed by atoms with Gasteiger partial charge in [-0.25, -0.2) is 5.14 Å². The van der Waals surface area contributed by atoms with Crippen LogP contribution in [0.4, 0.5) is 5.69 Å². The van der Waals surface area contributed by atoms with Gasteiger partial charge in [-0.2, -0.15) is 13.1 Å². The second kappa shape index (κ2) is 4.99. The lowest BCUT2D eigenvalue weighted by atomic mass is 10.2. The van der Waals surface area contributed by atoms with Crippen LogP contribution >= 0.6 is 0 Å². The Kier molecular flexibility index (Phi) is 3.55. The summed E-state index contributed by atoms with van der Waals surface area (Å²) in [7, 11) is -3.82. The number of nitrogens with zero attached hydrogens (tertiary/aromatic N) is 1. The maximum Gasteiger partial charge on any atom is 0.274 e. The van der Waals surface area contributed by atoms with Gasteiger partial charge in [0, 0.05) is 6.07 Å². The summed E-state index contributed by atoms with van der Waals surface area (Å²) in [6.07, 6.45) is -0.604. The summed E-state index contributed by atoms with van der Waals surface area (Å²) in [5.41, 5.74) is -0.137. The van der Waals surface area contributed by atoms with E-state index in [4.69, 9.17) is 14.6 Å². The molecule has 19 heavy (non-hydrogen) atoms. The summed E-state index contributed by atoms with van der Waals surface area (Å²) in [4.78, 5) is 10.1. The molecule has 0 amide bonds. The molecule has 1 aliphatic rings. The Bertz CT molecular complexity index is 602. The number of nitrogens with one attached hydrogen (secondary N) is 1. The first-order valence-corrected chi connectivity index (χ1v) is 6.75. The van der Waals surface area contributed by atoms with Gasteiger partial charge in [0.25, 0.3) is 15.9 Å². The topological polar surface area (TPSA) is 134 Å². The lowest BCUT2D eigenvalue weighted by Gasteiger charge is -2.26. The Morgan fingerprint density at radius 2 is 2.21 bits per heavy atom. The van der Waals surface area contributed by atoms with Crippen molar-refractivity contribution in [1.82, 2.24) is 4.72 Å². The molecule has 0 aromatic heterocycles. The zero-order valence-electron chi connectivity index (χ0n) is 9.61. The number of nitrogens with two attached hydrogens (primary N) is 1. The molecule has 0 bridgehead atoms. The first kappa shape index (κ1) is 13.5. The SMILES string of the molecule is NS(=O)(=O)NCC1COc2ccc([N+](=O)[O-])cc2O1. The quantitative estimate of drug-likeness (QED) is 0.568. The second-order valence-corrected chi connectivity index (χ2v) is 5.21. The fraction of sp³-hybridized carbons (Fsp3) is 0.333. The first-order chi connectivity index (χ1) is 8.85. The van der Waals surface area contributed by atoms with Crippen molar-refractivity contribution in [3.05, 3.63) is 28.3 Å². The van der Waals surface area contributed by atoms with E-state index in [-0.39, 0.29) is 24.6 Å². The van der Waals surface area contributed by atoms with Crippen molar-refractivity contribution in [2.75, 3.05) is 13.2 Å². The maximum absolute atomic E-state index is 10.7. The van der Waals surface area contributed by atoms with Gasteiger partial charge < -0.3 is 9.47 Å². The van der Waals surface area contributed by atoms with Crippen LogP contribution in [0.15, 0.2) is 18.2 Å². The maximum atomic E-state index is 10.7. The third-order valence-electron chi connectivity index (χ3n) is 2.37. The van der Waals surface area contributed by atoms with E-state index < -0.39 is 21.2 Å². The van der Waals surface area contributed by atoms with Crippen LogP contribution in [0.1, 0.15) is 0 Å². The van der Waals surface area contributed by atoms with Gasteiger partial charge in [-0.3, -0.25) is 10.1 Å². The number of non-ortho nitro benzene ring substituents is 1. The highest BCUT2D eigenvalue weighted by atomic mass is 32.2. The summed E-state index contributed by atoms with van der Waals surface area (Å²) < 4.78 is 34.3. The Morgan fingerprint density at radius 3 is 2.84 bits per heavy atom. The highest BCUT2D eigenvalue weighted by molar-refractivity contribution is 7.87. The molecule has 104 valence electrons. The van der Waals surface area contributed by atoms with Gasteiger partial charge in [-0.05, 0) is 6.07 Å². The molecule has 0 aliphatic carbocycles. The molecule has 0 radical (unpaired) electrons. The van der Waals surface area contributed by atoms with Crippen molar-refractivity contribution >= 4 is 15.9 Å². The van der Waals surface area contributed by atoms with E-state index in [9.17, 15) is 18.5 Å². The minimum atomic E-state index is -3.82. The largest absolute Gasteiger partial charge is 0.486 e. The van der Waals surface area contributed by atoms with Crippen LogP contribution in [0.25, 0.3) is 0 Å². The molecule has 0 spiro atoms. The summed E-state index contributed by atoms with van der Waals surface area (Å²) in [5, 5.41) is 15.4. The smallest absolute Gasteiger partial charge is 0.274 e. The molecule has 1 unspecified atom stereocenters. The lowest BCUT2D eigenvalue weighted by molar-refractivity contribution is -0.385. The van der Waals surface area contributed by atoms with E-state index in [1.807, 2.05) is 0 Å². The third-order valence-corrected chi connectivity index (χ3v) is 2.94.